The second-order valence-corrected chi connectivity index (χ2v) is 19.4. The van der Waals surface area contributed by atoms with E-state index in [9.17, 15) is 72.5 Å². The van der Waals surface area contributed by atoms with Crippen LogP contribution in [0.3, 0.4) is 0 Å². The Balaban J connectivity index is 1.12. The number of hydrogen-bond acceptors (Lipinski definition) is 13. The van der Waals surface area contributed by atoms with Crippen molar-refractivity contribution in [2.75, 3.05) is 77.9 Å². The van der Waals surface area contributed by atoms with E-state index in [1.54, 1.807) is 50.5 Å². The van der Waals surface area contributed by atoms with Crippen LogP contribution in [0.25, 0.3) is 6.08 Å². The number of amides is 3. The quantitative estimate of drug-likeness (QED) is 0.0280. The fraction of sp³-hybridized carbons (Fsp3) is 0.473. The molecular formula is C55H73BF2N8O14. The van der Waals surface area contributed by atoms with E-state index in [1.807, 2.05) is 37.3 Å². The zero-order valence-corrected chi connectivity index (χ0v) is 45.5. The van der Waals surface area contributed by atoms with E-state index in [0.29, 0.717) is 104 Å². The zero-order chi connectivity index (χ0) is 58.7. The summed E-state index contributed by atoms with van der Waals surface area (Å²) < 4.78 is 34.9. The number of ether oxygens (including phenoxy) is 1. The maximum absolute atomic E-state index is 14.4. The number of anilines is 1. The molecule has 22 nitrogen and oxygen atoms in total. The third-order valence-corrected chi connectivity index (χ3v) is 13.2. The number of nitrogens with one attached hydrogen (secondary N) is 3. The highest BCUT2D eigenvalue weighted by Gasteiger charge is 2.29. The molecule has 3 amide bonds. The molecule has 4 rings (SSSR count). The molecular weight excluding hydrogens is 1050 g/mol. The molecule has 2 heterocycles. The second-order valence-electron chi connectivity index (χ2n) is 19.4. The molecule has 3 aromatic rings. The number of carboxylic acids is 5. The minimum atomic E-state index is -2.76. The maximum Gasteiger partial charge on any atom is 0.677 e. The highest BCUT2D eigenvalue weighted by Crippen LogP contribution is 2.29. The Labute approximate surface area is 463 Å². The summed E-state index contributed by atoms with van der Waals surface area (Å²) in [5.41, 5.74) is 5.53. The SMILES string of the molecule is COc1ccc(C2=N/C(=C\c3c(C)c(CCCC(=O)NCCCCCC(=O)NCCCCCC(=O)Nc4ccc(CC(CN(CCN(CC(=O)O)CC(=O)O)CC(=O)O)N(CC(=O)O)CC(=O)O)cc4)c(C)n3B(F)F)C=C2)cc1. The third-order valence-electron chi connectivity index (χ3n) is 13.2. The predicted molar refractivity (Wildman–Crippen MR) is 295 cm³/mol. The van der Waals surface area contributed by atoms with Crippen LogP contribution >= 0.6 is 0 Å². The van der Waals surface area contributed by atoms with Crippen LogP contribution in [-0.2, 0) is 51.2 Å². The monoisotopic (exact) mass is 1120 g/mol. The first-order chi connectivity index (χ1) is 38.1. The summed E-state index contributed by atoms with van der Waals surface area (Å²) in [5.74, 6) is -6.29. The number of unbranched alkanes of at least 4 members (excludes halogenated alkanes) is 4. The molecule has 0 saturated heterocycles. The molecule has 2 aromatic carbocycles. The summed E-state index contributed by atoms with van der Waals surface area (Å²) >= 11 is 0. The molecule has 0 saturated carbocycles. The first kappa shape index (κ1) is 64.8. The van der Waals surface area contributed by atoms with Gasteiger partial charge in [-0.05, 0) is 130 Å². The lowest BCUT2D eigenvalue weighted by atomic mass is 10.0. The largest absolute Gasteiger partial charge is 0.677 e. The number of halogens is 2. The van der Waals surface area contributed by atoms with Crippen LogP contribution in [0, 0.1) is 13.8 Å². The molecule has 8 N–H and O–H groups in total. The Kier molecular flexibility index (Phi) is 27.2. The van der Waals surface area contributed by atoms with Gasteiger partial charge >= 0.3 is 37.2 Å². The van der Waals surface area contributed by atoms with Gasteiger partial charge in [0.25, 0.3) is 0 Å². The van der Waals surface area contributed by atoms with Gasteiger partial charge in [0.15, 0.2) is 0 Å². The molecule has 1 unspecified atom stereocenters. The highest BCUT2D eigenvalue weighted by atomic mass is 19.2. The van der Waals surface area contributed by atoms with Gasteiger partial charge in [0, 0.05) is 80.7 Å². The van der Waals surface area contributed by atoms with E-state index >= 15 is 0 Å². The van der Waals surface area contributed by atoms with Crippen LogP contribution in [0.15, 0.2) is 71.4 Å². The lowest BCUT2D eigenvalue weighted by Gasteiger charge is -2.34. The van der Waals surface area contributed by atoms with Gasteiger partial charge in [0.1, 0.15) is 5.75 Å². The van der Waals surface area contributed by atoms with E-state index in [1.165, 1.54) is 4.90 Å². The molecule has 1 aliphatic rings. The Bertz CT molecular complexity index is 2670. The van der Waals surface area contributed by atoms with Crippen LogP contribution in [-0.4, -0.2) is 184 Å². The first-order valence-corrected chi connectivity index (χ1v) is 26.4. The summed E-state index contributed by atoms with van der Waals surface area (Å²) in [4.78, 5) is 104. The third kappa shape index (κ3) is 23.3. The van der Waals surface area contributed by atoms with Crippen molar-refractivity contribution in [3.8, 4) is 5.75 Å². The van der Waals surface area contributed by atoms with Gasteiger partial charge in [0.2, 0.25) is 17.7 Å². The Hall–Kier alpha value is -7.77. The number of carbonyl (C=O) groups is 8. The minimum absolute atomic E-state index is 0.0524. The van der Waals surface area contributed by atoms with Gasteiger partial charge in [-0.3, -0.25) is 61.7 Å². The number of rotatable bonds is 39. The number of methoxy groups -OCH3 is 1. The summed E-state index contributed by atoms with van der Waals surface area (Å²) in [7, 11) is -1.17. The minimum Gasteiger partial charge on any atom is -0.497 e. The summed E-state index contributed by atoms with van der Waals surface area (Å²) in [6.45, 7) is 0.660. The molecule has 25 heteroatoms. The van der Waals surface area contributed by atoms with Crippen molar-refractivity contribution >= 4 is 72.4 Å². The van der Waals surface area contributed by atoms with Crippen LogP contribution < -0.4 is 20.7 Å². The van der Waals surface area contributed by atoms with Crippen LogP contribution in [0.2, 0.25) is 0 Å². The number of aliphatic imine (C=N–C) groups is 1. The normalized spacial score (nSPS) is 12.9. The molecule has 0 spiro atoms. The van der Waals surface area contributed by atoms with Crippen molar-refractivity contribution in [1.29, 1.82) is 0 Å². The van der Waals surface area contributed by atoms with Crippen molar-refractivity contribution in [3.05, 3.63) is 100 Å². The van der Waals surface area contributed by atoms with Gasteiger partial charge in [-0.25, -0.2) is 4.99 Å². The Morgan fingerprint density at radius 1 is 0.662 bits per heavy atom. The molecule has 0 fully saturated rings. The number of aromatic nitrogens is 1. The highest BCUT2D eigenvalue weighted by molar-refractivity contribution is 6.41. The van der Waals surface area contributed by atoms with E-state index < -0.39 is 76.0 Å². The molecule has 0 radical (unpaired) electrons. The Morgan fingerprint density at radius 2 is 1.19 bits per heavy atom. The number of carbonyl (C=O) groups excluding carboxylic acids is 3. The number of nitrogens with zero attached hydrogens (tertiary/aromatic N) is 5. The molecule has 434 valence electrons. The lowest BCUT2D eigenvalue weighted by Crippen LogP contribution is -2.51. The summed E-state index contributed by atoms with van der Waals surface area (Å²) in [6, 6.07) is 13.1. The smallest absolute Gasteiger partial charge is 0.497 e. The average Bonchev–Trinajstić information content (AvgIpc) is 4.10. The van der Waals surface area contributed by atoms with Crippen LogP contribution in [0.4, 0.5) is 14.3 Å². The van der Waals surface area contributed by atoms with Crippen molar-refractivity contribution < 1.29 is 77.3 Å². The topological polar surface area (TPSA) is 310 Å². The second kappa shape index (κ2) is 33.6. The fourth-order valence-corrected chi connectivity index (χ4v) is 9.28. The van der Waals surface area contributed by atoms with E-state index in [0.717, 1.165) is 37.4 Å². The van der Waals surface area contributed by atoms with Gasteiger partial charge in [-0.1, -0.05) is 25.0 Å². The Morgan fingerprint density at radius 3 is 1.73 bits per heavy atom. The van der Waals surface area contributed by atoms with Crippen LogP contribution in [0.1, 0.15) is 97.8 Å². The van der Waals surface area contributed by atoms with Gasteiger partial charge in [0.05, 0.1) is 51.2 Å². The van der Waals surface area contributed by atoms with Crippen molar-refractivity contribution in [2.45, 2.75) is 96.9 Å². The number of benzene rings is 2. The van der Waals surface area contributed by atoms with Crippen molar-refractivity contribution in [2.24, 2.45) is 4.99 Å². The predicted octanol–water partition coefficient (Wildman–Crippen LogP) is 4.84. The van der Waals surface area contributed by atoms with E-state index in [-0.39, 0.29) is 56.6 Å². The fourth-order valence-electron chi connectivity index (χ4n) is 9.28. The van der Waals surface area contributed by atoms with E-state index in [2.05, 4.69) is 20.9 Å². The van der Waals surface area contributed by atoms with E-state index in [4.69, 9.17) is 4.74 Å². The molecule has 1 aliphatic heterocycles. The average molecular weight is 1120 g/mol. The summed E-state index contributed by atoms with van der Waals surface area (Å²) in [6.07, 6.45) is 11.0. The summed E-state index contributed by atoms with van der Waals surface area (Å²) in [5, 5.41) is 55.9. The van der Waals surface area contributed by atoms with Crippen LogP contribution in [0.5, 0.6) is 5.75 Å². The van der Waals surface area contributed by atoms with Gasteiger partial charge in [-0.15, -0.1) is 0 Å². The number of allylic oxidation sites excluding steroid dienone is 2. The van der Waals surface area contributed by atoms with Crippen molar-refractivity contribution in [3.63, 3.8) is 0 Å². The molecule has 1 aromatic heterocycles. The lowest BCUT2D eigenvalue weighted by molar-refractivity contribution is -0.144. The van der Waals surface area contributed by atoms with Gasteiger partial charge in [-0.2, -0.15) is 0 Å². The number of carboxylic acid groups (broad SMARTS) is 5. The number of aliphatic carboxylic acids is 5. The zero-order valence-electron chi connectivity index (χ0n) is 45.5. The molecule has 1 atom stereocenters. The standard InChI is InChI=1S/C55H73BF2N8O14/c1-37-45(38(2)66(56(57)58)47(37)30-42-21-24-46(61-42)40-17-22-44(80-3)23-18-40)11-10-14-49(68)60-26-8-4-6-12-48(67)59-25-9-5-7-13-50(69)62-41-19-15-39(16-20-41)29-43(65(35-54(76)77)36-55(78)79)31-63(32-51(70)71)27-28-64(33-52(72)73)34-53(74)75/h15-24,30,43H,4-14,25-29,31-36H2,1-3H3,(H,59,67)(H,60,68)(H,62,69)(H,70,71)(H,72,73)(H,74,75)(H,76,77)(H,78,79)/b42-30-. The maximum atomic E-state index is 14.4. The first-order valence-electron chi connectivity index (χ1n) is 26.4. The van der Waals surface area contributed by atoms with Gasteiger partial charge < -0.3 is 50.7 Å². The molecule has 0 bridgehead atoms. The molecule has 0 aliphatic carbocycles. The van der Waals surface area contributed by atoms with Crippen molar-refractivity contribution in [1.82, 2.24) is 29.8 Å². The molecule has 80 heavy (non-hydrogen) atoms. The number of hydrogen-bond donors (Lipinski definition) is 8.